The first kappa shape index (κ1) is 43.8. The third-order valence-corrected chi connectivity index (χ3v) is 15.3. The van der Waals surface area contributed by atoms with Gasteiger partial charge in [-0.05, 0) is 169 Å². The summed E-state index contributed by atoms with van der Waals surface area (Å²) in [5.41, 5.74) is 18.7. The first-order chi connectivity index (χ1) is 36.0. The molecule has 0 bridgehead atoms. The van der Waals surface area contributed by atoms with Crippen molar-refractivity contribution < 1.29 is 4.42 Å². The first-order valence-corrected chi connectivity index (χ1v) is 25.6. The van der Waals surface area contributed by atoms with E-state index in [4.69, 9.17) is 4.42 Å². The number of benzene rings is 11. The average Bonchev–Trinajstić information content (AvgIpc) is 4.03. The summed E-state index contributed by atoms with van der Waals surface area (Å²) in [7, 11) is 0. The van der Waals surface area contributed by atoms with Crippen molar-refractivity contribution in [1.82, 2.24) is 0 Å². The number of hydrogen-bond donors (Lipinski definition) is 0. The van der Waals surface area contributed by atoms with E-state index in [1.807, 2.05) is 11.3 Å². The molecule has 0 amide bonds. The number of aryl methyl sites for hydroxylation is 2. The van der Waals surface area contributed by atoms with Crippen molar-refractivity contribution >= 4 is 105 Å². The van der Waals surface area contributed by atoms with E-state index in [-0.39, 0.29) is 0 Å². The molecule has 0 fully saturated rings. The molecule has 73 heavy (non-hydrogen) atoms. The summed E-state index contributed by atoms with van der Waals surface area (Å²) in [6, 6.07) is 93.6. The maximum Gasteiger partial charge on any atom is 0.135 e. The predicted octanol–water partition coefficient (Wildman–Crippen LogP) is 20.3. The zero-order chi connectivity index (χ0) is 48.8. The van der Waals surface area contributed by atoms with Gasteiger partial charge in [0.15, 0.2) is 0 Å². The van der Waals surface area contributed by atoms with Crippen LogP contribution in [0.2, 0.25) is 0 Å². The molecule has 13 rings (SSSR count). The number of thiophene rings is 1. The summed E-state index contributed by atoms with van der Waals surface area (Å²) in [6.45, 7) is 4.51. The highest BCUT2D eigenvalue weighted by Gasteiger charge is 2.23. The van der Waals surface area contributed by atoms with Gasteiger partial charge >= 0.3 is 0 Å². The summed E-state index contributed by atoms with van der Waals surface area (Å²) in [4.78, 5) is 7.14. The highest BCUT2D eigenvalue weighted by Crippen LogP contribution is 2.48. The van der Waals surface area contributed by atoms with Gasteiger partial charge in [0.25, 0.3) is 0 Å². The second-order valence-electron chi connectivity index (χ2n) is 18.6. The van der Waals surface area contributed by atoms with Crippen molar-refractivity contribution in [1.29, 1.82) is 0 Å². The molecule has 0 aliphatic rings. The molecule has 0 N–H and O–H groups in total. The zero-order valence-corrected chi connectivity index (χ0v) is 41.3. The molecule has 11 aromatic carbocycles. The summed E-state index contributed by atoms with van der Waals surface area (Å²) in [6.07, 6.45) is 0. The largest absolute Gasteiger partial charge is 0.456 e. The molecular weight excluding hydrogens is 907 g/mol. The van der Waals surface area contributed by atoms with Crippen LogP contribution in [-0.4, -0.2) is 0 Å². The minimum Gasteiger partial charge on any atom is -0.456 e. The third kappa shape index (κ3) is 7.97. The lowest BCUT2D eigenvalue weighted by molar-refractivity contribution is 0.669. The van der Waals surface area contributed by atoms with Gasteiger partial charge in [-0.2, -0.15) is 0 Å². The Labute approximate surface area is 429 Å². The number of anilines is 9. The molecule has 348 valence electrons. The van der Waals surface area contributed by atoms with E-state index in [1.54, 1.807) is 0 Å². The number of hydrogen-bond acceptors (Lipinski definition) is 5. The van der Waals surface area contributed by atoms with Gasteiger partial charge in [0, 0.05) is 82.1 Å². The van der Waals surface area contributed by atoms with Gasteiger partial charge < -0.3 is 19.1 Å². The number of nitrogens with zero attached hydrogens (tertiary/aromatic N) is 3. The molecule has 13 aromatic rings. The summed E-state index contributed by atoms with van der Waals surface area (Å²) >= 11 is 1.85. The van der Waals surface area contributed by atoms with E-state index < -0.39 is 0 Å². The van der Waals surface area contributed by atoms with Crippen LogP contribution in [-0.2, 0) is 0 Å². The lowest BCUT2D eigenvalue weighted by Gasteiger charge is -2.28. The Balaban J connectivity index is 0.930. The normalized spacial score (nSPS) is 11.4. The molecule has 0 saturated heterocycles. The van der Waals surface area contributed by atoms with Gasteiger partial charge in [-0.25, -0.2) is 0 Å². The van der Waals surface area contributed by atoms with Crippen molar-refractivity contribution in [3.8, 4) is 22.3 Å². The highest BCUT2D eigenvalue weighted by molar-refractivity contribution is 7.25. The second-order valence-corrected chi connectivity index (χ2v) is 19.7. The van der Waals surface area contributed by atoms with E-state index in [1.165, 1.54) is 48.0 Å². The Morgan fingerprint density at radius 2 is 0.658 bits per heavy atom. The molecule has 2 heterocycles. The second kappa shape index (κ2) is 18.5. The van der Waals surface area contributed by atoms with Crippen LogP contribution in [0.4, 0.5) is 51.2 Å². The minimum absolute atomic E-state index is 0.852. The van der Waals surface area contributed by atoms with Crippen LogP contribution in [0, 0.1) is 13.8 Å². The molecular formula is C68H49N3OS. The van der Waals surface area contributed by atoms with Crippen molar-refractivity contribution in [2.45, 2.75) is 13.8 Å². The molecule has 2 aromatic heterocycles. The van der Waals surface area contributed by atoms with Crippen molar-refractivity contribution in [2.75, 3.05) is 14.7 Å². The third-order valence-electron chi connectivity index (χ3n) is 14.2. The molecule has 0 radical (unpaired) electrons. The Morgan fingerprint density at radius 1 is 0.288 bits per heavy atom. The fourth-order valence-electron chi connectivity index (χ4n) is 10.7. The molecule has 0 unspecified atom stereocenters. The van der Waals surface area contributed by atoms with Crippen molar-refractivity contribution in [3.05, 3.63) is 272 Å². The van der Waals surface area contributed by atoms with Gasteiger partial charge in [-0.3, -0.25) is 0 Å². The quantitative estimate of drug-likeness (QED) is 0.129. The summed E-state index contributed by atoms with van der Waals surface area (Å²) in [5, 5.41) is 4.68. The summed E-state index contributed by atoms with van der Waals surface area (Å²) in [5.74, 6) is 0. The Kier molecular flexibility index (Phi) is 11.1. The maximum absolute atomic E-state index is 6.68. The number of para-hydroxylation sites is 3. The van der Waals surface area contributed by atoms with E-state index in [0.717, 1.165) is 78.7 Å². The topological polar surface area (TPSA) is 22.9 Å². The Hall–Kier alpha value is -9.16. The van der Waals surface area contributed by atoms with Gasteiger partial charge in [0.2, 0.25) is 0 Å². The fraction of sp³-hybridized carbons (Fsp3) is 0.0294. The minimum atomic E-state index is 0.852. The van der Waals surface area contributed by atoms with Gasteiger partial charge in [0.1, 0.15) is 11.2 Å². The lowest BCUT2D eigenvalue weighted by atomic mass is 10.0. The Morgan fingerprint density at radius 3 is 1.18 bits per heavy atom. The van der Waals surface area contributed by atoms with Gasteiger partial charge in [0.05, 0.1) is 0 Å². The molecule has 0 aliphatic carbocycles. The van der Waals surface area contributed by atoms with Crippen LogP contribution in [0.5, 0.6) is 0 Å². The number of rotatable bonds is 11. The van der Waals surface area contributed by atoms with Crippen molar-refractivity contribution in [3.63, 3.8) is 0 Å². The smallest absolute Gasteiger partial charge is 0.135 e. The molecule has 0 spiro atoms. The van der Waals surface area contributed by atoms with E-state index in [0.29, 0.717) is 0 Å². The van der Waals surface area contributed by atoms with Crippen molar-refractivity contribution in [2.24, 2.45) is 0 Å². The first-order valence-electron chi connectivity index (χ1n) is 24.8. The highest BCUT2D eigenvalue weighted by atomic mass is 32.1. The predicted molar refractivity (Wildman–Crippen MR) is 311 cm³/mol. The van der Waals surface area contributed by atoms with Crippen LogP contribution in [0.15, 0.2) is 265 Å². The van der Waals surface area contributed by atoms with Crippen LogP contribution >= 0.6 is 11.3 Å². The number of furan rings is 1. The van der Waals surface area contributed by atoms with E-state index >= 15 is 0 Å². The standard InChI is InChI=1S/C68H49N3OS/c1-46-61(70(53-24-14-6-15-25-53)55-32-28-50(29-33-55)48-18-8-3-9-19-48)38-41-64-67(46)59-44-57(36-40-63(59)72-64)69(52-22-12-5-13-23-52)58-37-42-65-60(45-58)68-47(2)62(39-43-66(68)73-65)71(54-26-16-7-17-27-54)56-34-30-51(31-35-56)49-20-10-4-11-21-49/h3-45H,1-2H3. The molecule has 0 saturated carbocycles. The van der Waals surface area contributed by atoms with Crippen LogP contribution in [0.25, 0.3) is 64.4 Å². The van der Waals surface area contributed by atoms with Gasteiger partial charge in [-0.15, -0.1) is 11.3 Å². The summed E-state index contributed by atoms with van der Waals surface area (Å²) < 4.78 is 9.20. The fourth-order valence-corrected chi connectivity index (χ4v) is 11.8. The average molecular weight is 956 g/mol. The van der Waals surface area contributed by atoms with Crippen LogP contribution in [0.1, 0.15) is 11.1 Å². The van der Waals surface area contributed by atoms with Gasteiger partial charge in [-0.1, -0.05) is 140 Å². The molecule has 0 aliphatic heterocycles. The lowest BCUT2D eigenvalue weighted by Crippen LogP contribution is -2.11. The SMILES string of the molecule is Cc1c(N(c2ccccc2)c2ccc(-c3ccccc3)cc2)ccc2oc3ccc(N(c4ccccc4)c4ccc5sc6ccc(N(c7ccccc7)c7ccc(-c8ccccc8)cc7)c(C)c6c5c4)cc3c12. The van der Waals surface area contributed by atoms with Crippen LogP contribution < -0.4 is 14.7 Å². The van der Waals surface area contributed by atoms with Crippen LogP contribution in [0.3, 0.4) is 0 Å². The monoisotopic (exact) mass is 955 g/mol. The maximum atomic E-state index is 6.68. The Bertz CT molecular complexity index is 3830. The molecule has 4 nitrogen and oxygen atoms in total. The van der Waals surface area contributed by atoms with E-state index in [2.05, 4.69) is 289 Å². The van der Waals surface area contributed by atoms with E-state index in [9.17, 15) is 0 Å². The zero-order valence-electron chi connectivity index (χ0n) is 40.5. The molecule has 0 atom stereocenters. The number of fused-ring (bicyclic) bond motifs is 6. The molecule has 5 heteroatoms.